The molecule has 148 valence electrons. The van der Waals surface area contributed by atoms with Crippen LogP contribution < -0.4 is 0 Å². The third-order valence-electron chi connectivity index (χ3n) is 4.52. The van der Waals surface area contributed by atoms with Gasteiger partial charge in [-0.05, 0) is 6.42 Å². The largest absolute Gasteiger partial charge is 0.396 e. The summed E-state index contributed by atoms with van der Waals surface area (Å²) in [6, 6.07) is 17.8. The molecule has 0 aliphatic carbocycles. The zero-order chi connectivity index (χ0) is 20.9. The van der Waals surface area contributed by atoms with Crippen molar-refractivity contribution in [1.29, 1.82) is 0 Å². The molecule has 0 atom stereocenters. The van der Waals surface area contributed by atoms with E-state index in [0.717, 1.165) is 0 Å². The Hall–Kier alpha value is -2.92. The van der Waals surface area contributed by atoms with Crippen LogP contribution in [0.3, 0.4) is 0 Å². The monoisotopic (exact) mass is 384 g/mol. The van der Waals surface area contributed by atoms with Gasteiger partial charge in [-0.25, -0.2) is 9.59 Å². The van der Waals surface area contributed by atoms with Gasteiger partial charge in [0, 0.05) is 16.5 Å². The fourth-order valence-corrected chi connectivity index (χ4v) is 2.41. The van der Waals surface area contributed by atoms with E-state index in [4.69, 9.17) is 15.3 Å². The number of rotatable bonds is 8. The van der Waals surface area contributed by atoms with Gasteiger partial charge < -0.3 is 15.3 Å². The van der Waals surface area contributed by atoms with Crippen molar-refractivity contribution in [3.8, 4) is 0 Å². The van der Waals surface area contributed by atoms with Gasteiger partial charge >= 0.3 is 0 Å². The van der Waals surface area contributed by atoms with Crippen molar-refractivity contribution >= 4 is 12.2 Å². The SMILES string of the molecule is CCC(CO)(CO)CO.O=C=NC(N=C=O)(c1ccccc1)c1ccccc1. The molecular weight excluding hydrogens is 360 g/mol. The predicted octanol–water partition coefficient (Wildman–Crippen LogP) is 1.92. The molecule has 0 heterocycles. The highest BCUT2D eigenvalue weighted by Gasteiger charge is 2.34. The van der Waals surface area contributed by atoms with Gasteiger partial charge in [0.1, 0.15) is 0 Å². The molecule has 7 nitrogen and oxygen atoms in total. The molecule has 7 heteroatoms. The summed E-state index contributed by atoms with van der Waals surface area (Å²) in [5, 5.41) is 26.0. The minimum Gasteiger partial charge on any atom is -0.396 e. The Bertz CT molecular complexity index is 717. The summed E-state index contributed by atoms with van der Waals surface area (Å²) in [4.78, 5) is 29.0. The summed E-state index contributed by atoms with van der Waals surface area (Å²) in [6.07, 6.45) is 3.58. The highest BCUT2D eigenvalue weighted by Crippen LogP contribution is 2.34. The number of aliphatic imine (C=N–C) groups is 2. The predicted molar refractivity (Wildman–Crippen MR) is 104 cm³/mol. The molecule has 0 spiro atoms. The van der Waals surface area contributed by atoms with E-state index in [1.54, 1.807) is 48.5 Å². The second-order valence-electron chi connectivity index (χ2n) is 6.14. The van der Waals surface area contributed by atoms with Crippen LogP contribution >= 0.6 is 0 Å². The van der Waals surface area contributed by atoms with Gasteiger partial charge in [-0.1, -0.05) is 67.6 Å². The van der Waals surface area contributed by atoms with Gasteiger partial charge in [-0.3, -0.25) is 0 Å². The average Bonchev–Trinajstić information content (AvgIpc) is 2.77. The molecule has 3 N–H and O–H groups in total. The van der Waals surface area contributed by atoms with Crippen LogP contribution in [0.1, 0.15) is 24.5 Å². The zero-order valence-corrected chi connectivity index (χ0v) is 15.7. The molecular formula is C21H24N2O5. The molecule has 0 radical (unpaired) electrons. The molecule has 0 bridgehead atoms. The maximum absolute atomic E-state index is 10.8. The summed E-state index contributed by atoms with van der Waals surface area (Å²) >= 11 is 0. The van der Waals surface area contributed by atoms with Gasteiger partial charge in [-0.15, -0.1) is 0 Å². The van der Waals surface area contributed by atoms with Crippen molar-refractivity contribution in [3.05, 3.63) is 71.8 Å². The van der Waals surface area contributed by atoms with E-state index in [1.165, 1.54) is 12.2 Å². The second-order valence-corrected chi connectivity index (χ2v) is 6.14. The fraction of sp³-hybridized carbons (Fsp3) is 0.333. The number of isocyanates is 2. The molecule has 0 unspecified atom stereocenters. The molecule has 2 aromatic carbocycles. The van der Waals surface area contributed by atoms with Crippen LogP contribution in [0.2, 0.25) is 0 Å². The molecule has 0 aliphatic heterocycles. The van der Waals surface area contributed by atoms with Crippen LogP contribution in [-0.4, -0.2) is 47.3 Å². The van der Waals surface area contributed by atoms with Gasteiger partial charge in [0.05, 0.1) is 19.8 Å². The van der Waals surface area contributed by atoms with Crippen LogP contribution in [0, 0.1) is 5.41 Å². The van der Waals surface area contributed by atoms with Crippen LogP contribution in [0.4, 0.5) is 0 Å². The number of hydrogen-bond donors (Lipinski definition) is 3. The summed E-state index contributed by atoms with van der Waals surface area (Å²) in [6.45, 7) is 1.35. The lowest BCUT2D eigenvalue weighted by atomic mass is 9.88. The lowest BCUT2D eigenvalue weighted by Gasteiger charge is -2.24. The Kier molecular flexibility index (Phi) is 9.68. The Balaban J connectivity index is 0.000000370. The van der Waals surface area contributed by atoms with Crippen LogP contribution in [0.25, 0.3) is 0 Å². The quantitative estimate of drug-likeness (QED) is 0.474. The van der Waals surface area contributed by atoms with Crippen LogP contribution in [0.5, 0.6) is 0 Å². The summed E-state index contributed by atoms with van der Waals surface area (Å²) < 4.78 is 0. The van der Waals surface area contributed by atoms with Gasteiger partial charge in [-0.2, -0.15) is 9.98 Å². The van der Waals surface area contributed by atoms with E-state index in [0.29, 0.717) is 17.5 Å². The first-order chi connectivity index (χ1) is 13.6. The van der Waals surface area contributed by atoms with Crippen LogP contribution in [0.15, 0.2) is 70.6 Å². The van der Waals surface area contributed by atoms with Crippen molar-refractivity contribution in [1.82, 2.24) is 0 Å². The van der Waals surface area contributed by atoms with Gasteiger partial charge in [0.25, 0.3) is 0 Å². The van der Waals surface area contributed by atoms with Crippen molar-refractivity contribution in [2.24, 2.45) is 15.4 Å². The molecule has 0 aromatic heterocycles. The van der Waals surface area contributed by atoms with E-state index >= 15 is 0 Å². The van der Waals surface area contributed by atoms with Crippen molar-refractivity contribution in [2.75, 3.05) is 19.8 Å². The Morgan fingerprint density at radius 3 is 1.32 bits per heavy atom. The van der Waals surface area contributed by atoms with Crippen molar-refractivity contribution < 1.29 is 24.9 Å². The maximum Gasteiger partial charge on any atom is 0.238 e. The first-order valence-corrected chi connectivity index (χ1v) is 8.69. The molecule has 0 amide bonds. The normalized spacial score (nSPS) is 10.7. The lowest BCUT2D eigenvalue weighted by Crippen LogP contribution is -2.32. The smallest absolute Gasteiger partial charge is 0.238 e. The number of carbonyl (C=O) groups excluding carboxylic acids is 2. The number of aliphatic hydroxyl groups is 3. The zero-order valence-electron chi connectivity index (χ0n) is 15.7. The summed E-state index contributed by atoms with van der Waals surface area (Å²) in [5.41, 5.74) is -0.868. The third-order valence-corrected chi connectivity index (χ3v) is 4.52. The number of benzene rings is 2. The van der Waals surface area contributed by atoms with E-state index in [2.05, 4.69) is 9.98 Å². The van der Waals surface area contributed by atoms with Crippen molar-refractivity contribution in [2.45, 2.75) is 19.0 Å². The van der Waals surface area contributed by atoms with Gasteiger partial charge in [0.2, 0.25) is 17.8 Å². The number of nitrogens with zero attached hydrogens (tertiary/aromatic N) is 2. The highest BCUT2D eigenvalue weighted by atomic mass is 16.3. The van der Waals surface area contributed by atoms with Crippen LogP contribution in [-0.2, 0) is 15.3 Å². The minimum atomic E-state index is -1.41. The molecule has 2 aromatic rings. The Morgan fingerprint density at radius 1 is 0.750 bits per heavy atom. The molecule has 0 saturated heterocycles. The average molecular weight is 384 g/mol. The van der Waals surface area contributed by atoms with E-state index in [9.17, 15) is 9.59 Å². The molecule has 0 fully saturated rings. The third kappa shape index (κ3) is 5.54. The van der Waals surface area contributed by atoms with Crippen molar-refractivity contribution in [3.63, 3.8) is 0 Å². The summed E-state index contributed by atoms with van der Waals surface area (Å²) in [5.74, 6) is 0. The molecule has 2 rings (SSSR count). The molecule has 0 saturated carbocycles. The molecule has 0 aliphatic rings. The fourth-order valence-electron chi connectivity index (χ4n) is 2.41. The van der Waals surface area contributed by atoms with E-state index < -0.39 is 11.1 Å². The van der Waals surface area contributed by atoms with E-state index in [1.807, 2.05) is 19.1 Å². The minimum absolute atomic E-state index is 0.156. The number of aliphatic hydroxyl groups excluding tert-OH is 3. The maximum atomic E-state index is 10.8. The van der Waals surface area contributed by atoms with E-state index in [-0.39, 0.29) is 19.8 Å². The van der Waals surface area contributed by atoms with Gasteiger partial charge in [0.15, 0.2) is 0 Å². The lowest BCUT2D eigenvalue weighted by molar-refractivity contribution is 0.00304. The topological polar surface area (TPSA) is 120 Å². The first kappa shape index (κ1) is 23.1. The highest BCUT2D eigenvalue weighted by molar-refractivity contribution is 5.49. The standard InChI is InChI=1S/C15H10N2O2.C6H14O3/c18-11-16-15(17-12-19,13-7-3-1-4-8-13)14-9-5-2-6-10-14;1-2-6(3-7,4-8)5-9/h1-10H;7-9H,2-5H2,1H3. The first-order valence-electron chi connectivity index (χ1n) is 8.69. The summed E-state index contributed by atoms with van der Waals surface area (Å²) in [7, 11) is 0. The number of hydrogen-bond acceptors (Lipinski definition) is 7. The second kappa shape index (κ2) is 11.7. The molecule has 28 heavy (non-hydrogen) atoms. The Labute approximate surface area is 163 Å². The Morgan fingerprint density at radius 2 is 1.11 bits per heavy atom.